The number of hydrogen-bond donors (Lipinski definition) is 2. The van der Waals surface area contributed by atoms with Crippen molar-refractivity contribution in [1.29, 1.82) is 0 Å². The molecule has 0 saturated carbocycles. The zero-order valence-corrected chi connectivity index (χ0v) is 12.3. The Hall–Kier alpha value is -1.82. The van der Waals surface area contributed by atoms with Crippen molar-refractivity contribution in [1.82, 2.24) is 5.32 Å². The van der Waals surface area contributed by atoms with E-state index in [1.165, 1.54) is 18.3 Å². The molecule has 2 rings (SSSR count). The molecule has 1 aromatic heterocycles. The topological polar surface area (TPSA) is 76.3 Å². The Morgan fingerprint density at radius 1 is 1.29 bits per heavy atom. The standard InChI is InChI=1S/C14H12Cl2N2O3/c15-10-5-9(6-11(16)7-10)13(19)8-17-14(20)12-3-1-2-4-18(12)21/h1-7,13,19H,8H2,(H,17,20). The maximum Gasteiger partial charge on any atom is 0.317 e. The lowest BCUT2D eigenvalue weighted by molar-refractivity contribution is -0.607. The van der Waals surface area contributed by atoms with Crippen LogP contribution in [0.15, 0.2) is 42.6 Å². The Balaban J connectivity index is 2.02. The van der Waals surface area contributed by atoms with Gasteiger partial charge in [0.2, 0.25) is 0 Å². The molecule has 7 heteroatoms. The van der Waals surface area contributed by atoms with E-state index in [4.69, 9.17) is 23.2 Å². The molecule has 1 amide bonds. The average molecular weight is 327 g/mol. The molecule has 1 heterocycles. The number of rotatable bonds is 4. The molecule has 2 N–H and O–H groups in total. The Morgan fingerprint density at radius 3 is 2.57 bits per heavy atom. The summed E-state index contributed by atoms with van der Waals surface area (Å²) in [6.45, 7) is -0.0651. The molecule has 1 unspecified atom stereocenters. The maximum atomic E-state index is 11.8. The second-order valence-electron chi connectivity index (χ2n) is 4.34. The van der Waals surface area contributed by atoms with Crippen LogP contribution in [-0.4, -0.2) is 17.6 Å². The van der Waals surface area contributed by atoms with Crippen molar-refractivity contribution in [3.63, 3.8) is 0 Å². The van der Waals surface area contributed by atoms with Crippen LogP contribution in [0.25, 0.3) is 0 Å². The second kappa shape index (κ2) is 6.76. The van der Waals surface area contributed by atoms with Crippen LogP contribution in [0.3, 0.4) is 0 Å². The summed E-state index contributed by atoms with van der Waals surface area (Å²) >= 11 is 11.7. The van der Waals surface area contributed by atoms with Gasteiger partial charge in [0.15, 0.2) is 6.20 Å². The van der Waals surface area contributed by atoms with Crippen LogP contribution in [0.2, 0.25) is 10.0 Å². The molecule has 0 spiro atoms. The van der Waals surface area contributed by atoms with E-state index in [-0.39, 0.29) is 12.2 Å². The van der Waals surface area contributed by atoms with E-state index in [2.05, 4.69) is 5.32 Å². The third-order valence-electron chi connectivity index (χ3n) is 2.78. The molecular weight excluding hydrogens is 315 g/mol. The van der Waals surface area contributed by atoms with E-state index in [0.717, 1.165) is 0 Å². The highest BCUT2D eigenvalue weighted by Gasteiger charge is 2.17. The number of carbonyl (C=O) groups is 1. The Labute approximate surface area is 131 Å². The molecule has 21 heavy (non-hydrogen) atoms. The van der Waals surface area contributed by atoms with Crippen LogP contribution in [0.5, 0.6) is 0 Å². The third kappa shape index (κ3) is 4.07. The molecule has 0 aliphatic carbocycles. The number of pyridine rings is 1. The highest BCUT2D eigenvalue weighted by atomic mass is 35.5. The number of benzene rings is 1. The van der Waals surface area contributed by atoms with Crippen LogP contribution in [0, 0.1) is 5.21 Å². The number of carbonyl (C=O) groups excluding carboxylic acids is 1. The van der Waals surface area contributed by atoms with Gasteiger partial charge in [0.05, 0.1) is 6.10 Å². The summed E-state index contributed by atoms with van der Waals surface area (Å²) in [6.07, 6.45) is 0.246. The minimum absolute atomic E-state index is 0.0474. The van der Waals surface area contributed by atoms with E-state index in [0.29, 0.717) is 20.3 Å². The number of nitrogens with zero attached hydrogens (tertiary/aromatic N) is 1. The van der Waals surface area contributed by atoms with Crippen molar-refractivity contribution in [2.75, 3.05) is 6.54 Å². The predicted octanol–water partition coefficient (Wildman–Crippen LogP) is 2.09. The largest absolute Gasteiger partial charge is 0.618 e. The molecule has 1 aromatic carbocycles. The van der Waals surface area contributed by atoms with E-state index >= 15 is 0 Å². The summed E-state index contributed by atoms with van der Waals surface area (Å²) in [5, 5.41) is 24.7. The molecular formula is C14H12Cl2N2O3. The fraction of sp³-hybridized carbons (Fsp3) is 0.143. The summed E-state index contributed by atoms with van der Waals surface area (Å²) in [5.41, 5.74) is 0.435. The van der Waals surface area contributed by atoms with Gasteiger partial charge in [-0.05, 0) is 29.8 Å². The highest BCUT2D eigenvalue weighted by Crippen LogP contribution is 2.23. The fourth-order valence-electron chi connectivity index (χ4n) is 1.77. The van der Waals surface area contributed by atoms with Crippen LogP contribution in [0.4, 0.5) is 0 Å². The van der Waals surface area contributed by atoms with Crippen molar-refractivity contribution >= 4 is 29.1 Å². The number of aliphatic hydroxyl groups is 1. The normalized spacial score (nSPS) is 12.0. The van der Waals surface area contributed by atoms with Gasteiger partial charge in [0.25, 0.3) is 5.69 Å². The molecule has 0 radical (unpaired) electrons. The molecule has 5 nitrogen and oxygen atoms in total. The summed E-state index contributed by atoms with van der Waals surface area (Å²) in [5.74, 6) is -0.572. The smallest absolute Gasteiger partial charge is 0.317 e. The second-order valence-corrected chi connectivity index (χ2v) is 5.21. The molecule has 0 aliphatic heterocycles. The monoisotopic (exact) mass is 326 g/mol. The lowest BCUT2D eigenvalue weighted by Gasteiger charge is -2.13. The predicted molar refractivity (Wildman–Crippen MR) is 79.2 cm³/mol. The van der Waals surface area contributed by atoms with Gasteiger partial charge < -0.3 is 15.6 Å². The molecule has 0 saturated heterocycles. The van der Waals surface area contributed by atoms with Crippen molar-refractivity contribution in [3.05, 3.63) is 69.1 Å². The van der Waals surface area contributed by atoms with E-state index in [1.807, 2.05) is 0 Å². The Morgan fingerprint density at radius 2 is 1.95 bits per heavy atom. The summed E-state index contributed by atoms with van der Waals surface area (Å²) in [7, 11) is 0. The number of halogens is 2. The van der Waals surface area contributed by atoms with Crippen molar-refractivity contribution in [2.24, 2.45) is 0 Å². The Kier molecular flexibility index (Phi) is 5.01. The third-order valence-corrected chi connectivity index (χ3v) is 3.22. The van der Waals surface area contributed by atoms with Crippen molar-refractivity contribution < 1.29 is 14.6 Å². The number of amides is 1. The summed E-state index contributed by atoms with van der Waals surface area (Å²) in [4.78, 5) is 11.8. The van der Waals surface area contributed by atoms with E-state index in [9.17, 15) is 15.1 Å². The van der Waals surface area contributed by atoms with Gasteiger partial charge >= 0.3 is 5.91 Å². The molecule has 1 atom stereocenters. The quantitative estimate of drug-likeness (QED) is 0.667. The highest BCUT2D eigenvalue weighted by molar-refractivity contribution is 6.34. The first-order chi connectivity index (χ1) is 9.97. The fourth-order valence-corrected chi connectivity index (χ4v) is 2.31. The lowest BCUT2D eigenvalue weighted by atomic mass is 10.1. The van der Waals surface area contributed by atoms with Crippen LogP contribution < -0.4 is 10.0 Å². The van der Waals surface area contributed by atoms with Gasteiger partial charge in [-0.15, -0.1) is 0 Å². The first kappa shape index (κ1) is 15.6. The first-order valence-electron chi connectivity index (χ1n) is 6.08. The van der Waals surface area contributed by atoms with Crippen LogP contribution in [-0.2, 0) is 0 Å². The van der Waals surface area contributed by atoms with Crippen molar-refractivity contribution in [2.45, 2.75) is 6.10 Å². The van der Waals surface area contributed by atoms with Gasteiger partial charge in [0.1, 0.15) is 0 Å². The van der Waals surface area contributed by atoms with Gasteiger partial charge in [0, 0.05) is 28.7 Å². The minimum atomic E-state index is -0.978. The summed E-state index contributed by atoms with van der Waals surface area (Å²) in [6, 6.07) is 9.15. The van der Waals surface area contributed by atoms with Gasteiger partial charge in [-0.1, -0.05) is 23.2 Å². The van der Waals surface area contributed by atoms with Gasteiger partial charge in [-0.25, -0.2) is 0 Å². The summed E-state index contributed by atoms with van der Waals surface area (Å²) < 4.78 is 0.456. The number of nitrogens with one attached hydrogen (secondary N) is 1. The Bertz CT molecular complexity index is 644. The average Bonchev–Trinajstić information content (AvgIpc) is 2.43. The molecule has 0 fully saturated rings. The van der Waals surface area contributed by atoms with Crippen LogP contribution >= 0.6 is 23.2 Å². The van der Waals surface area contributed by atoms with E-state index < -0.39 is 12.0 Å². The number of aromatic nitrogens is 1. The molecule has 110 valence electrons. The van der Waals surface area contributed by atoms with Gasteiger partial charge in [-0.2, -0.15) is 4.73 Å². The van der Waals surface area contributed by atoms with Gasteiger partial charge in [-0.3, -0.25) is 4.79 Å². The maximum absolute atomic E-state index is 11.8. The van der Waals surface area contributed by atoms with E-state index in [1.54, 1.807) is 24.3 Å². The zero-order chi connectivity index (χ0) is 15.4. The minimum Gasteiger partial charge on any atom is -0.618 e. The zero-order valence-electron chi connectivity index (χ0n) is 10.8. The SMILES string of the molecule is O=C(NCC(O)c1cc(Cl)cc(Cl)c1)c1cccc[n+]1[O-]. The van der Waals surface area contributed by atoms with Crippen LogP contribution in [0.1, 0.15) is 22.2 Å². The number of aliphatic hydroxyl groups excluding tert-OH is 1. The van der Waals surface area contributed by atoms with Crippen molar-refractivity contribution in [3.8, 4) is 0 Å². The number of hydrogen-bond acceptors (Lipinski definition) is 3. The molecule has 0 aliphatic rings. The first-order valence-corrected chi connectivity index (χ1v) is 6.83. The molecule has 2 aromatic rings. The lowest BCUT2D eigenvalue weighted by Crippen LogP contribution is -2.40. The molecule has 0 bridgehead atoms.